The Morgan fingerprint density at radius 2 is 1.78 bits per heavy atom. The molecule has 2 aliphatic carbocycles. The van der Waals surface area contributed by atoms with Crippen molar-refractivity contribution in [2.45, 2.75) is 36.5 Å². The molecule has 4 aliphatic rings. The second-order valence-corrected chi connectivity index (χ2v) is 12.7. The van der Waals surface area contributed by atoms with Gasteiger partial charge in [0.1, 0.15) is 0 Å². The van der Waals surface area contributed by atoms with Crippen molar-refractivity contribution in [2.24, 2.45) is 29.6 Å². The molecule has 2 aliphatic heterocycles. The molecule has 3 heterocycles. The van der Waals surface area contributed by atoms with E-state index in [2.05, 4.69) is 4.98 Å². The van der Waals surface area contributed by atoms with Crippen LogP contribution in [0.15, 0.2) is 52.3 Å². The molecular formula is C28H26N2O5S2. The van der Waals surface area contributed by atoms with Gasteiger partial charge >= 0.3 is 4.87 Å². The van der Waals surface area contributed by atoms with Gasteiger partial charge in [0.15, 0.2) is 11.5 Å². The number of H-pyrrole nitrogens is 1. The Morgan fingerprint density at radius 1 is 1.05 bits per heavy atom. The highest BCUT2D eigenvalue weighted by molar-refractivity contribution is 8.00. The number of aromatic nitrogens is 1. The summed E-state index contributed by atoms with van der Waals surface area (Å²) in [6, 6.07) is 13.0. The lowest BCUT2D eigenvalue weighted by atomic mass is 9.68. The molecule has 7 rings (SSSR count). The highest BCUT2D eigenvalue weighted by Crippen LogP contribution is 2.68. The van der Waals surface area contributed by atoms with Crippen molar-refractivity contribution in [1.29, 1.82) is 0 Å². The van der Waals surface area contributed by atoms with Crippen molar-refractivity contribution < 1.29 is 19.4 Å². The molecule has 2 aromatic carbocycles. The lowest BCUT2D eigenvalue weighted by Gasteiger charge is -2.43. The van der Waals surface area contributed by atoms with E-state index in [-0.39, 0.29) is 63.2 Å². The summed E-state index contributed by atoms with van der Waals surface area (Å²) >= 11 is 2.89. The molecule has 3 fully saturated rings. The molecule has 0 spiro atoms. The number of aromatic amines is 1. The van der Waals surface area contributed by atoms with Gasteiger partial charge in [0.25, 0.3) is 0 Å². The fourth-order valence-corrected chi connectivity index (χ4v) is 10.2. The van der Waals surface area contributed by atoms with Gasteiger partial charge in [0.2, 0.25) is 11.8 Å². The summed E-state index contributed by atoms with van der Waals surface area (Å²) in [5.41, 5.74) is 2.68. The van der Waals surface area contributed by atoms with Gasteiger partial charge in [-0.05, 0) is 67.9 Å². The minimum absolute atomic E-state index is 0.0408. The molecule has 9 heteroatoms. The van der Waals surface area contributed by atoms with Crippen LogP contribution in [0.1, 0.15) is 35.3 Å². The van der Waals surface area contributed by atoms with Crippen molar-refractivity contribution in [3.63, 3.8) is 0 Å². The number of anilines is 1. The zero-order chi connectivity index (χ0) is 25.6. The van der Waals surface area contributed by atoms with E-state index in [4.69, 9.17) is 4.74 Å². The fraction of sp³-hybridized carbons (Fsp3) is 0.393. The molecule has 190 valence electrons. The van der Waals surface area contributed by atoms with Crippen LogP contribution in [0, 0.1) is 36.5 Å². The third-order valence-electron chi connectivity index (χ3n) is 8.66. The van der Waals surface area contributed by atoms with Crippen molar-refractivity contribution in [2.75, 3.05) is 11.5 Å². The Labute approximate surface area is 221 Å². The number of hydrogen-bond acceptors (Lipinski definition) is 7. The predicted octanol–water partition coefficient (Wildman–Crippen LogP) is 4.53. The number of thiazole rings is 1. The van der Waals surface area contributed by atoms with Crippen LogP contribution in [0.3, 0.4) is 0 Å². The number of nitrogens with zero attached hydrogens (tertiary/aromatic N) is 1. The maximum atomic E-state index is 13.8. The number of carbonyl (C=O) groups excluding carboxylic acids is 2. The molecule has 0 radical (unpaired) electrons. The van der Waals surface area contributed by atoms with Crippen LogP contribution in [0.5, 0.6) is 11.5 Å². The van der Waals surface area contributed by atoms with Crippen LogP contribution in [0.25, 0.3) is 0 Å². The third-order valence-corrected chi connectivity index (χ3v) is 11.2. The van der Waals surface area contributed by atoms with Crippen LogP contribution in [0.4, 0.5) is 5.69 Å². The number of aryl methyl sites for hydroxylation is 1. The van der Waals surface area contributed by atoms with E-state index >= 15 is 0 Å². The number of phenolic OH excluding ortho intramolecular Hbond substituents is 1. The smallest absolute Gasteiger partial charge is 0.305 e. The highest BCUT2D eigenvalue weighted by atomic mass is 32.2. The zero-order valence-electron chi connectivity index (χ0n) is 20.3. The standard InChI is InChI=1S/C28H26N2O5S2/c1-3-35-18-10-13(6-9-17(18)31)19-20-15-11-16(23(20)36-25-24(19)37-28(34)29-25)22-21(15)26(32)30(27(22)33)14-7-4-12(2)5-8-14/h4-10,15-16,19-23,31H,3,11H2,1-2H3,(H,29,34)/t15-,16+,19+,20+,21+,22+,23-/m1/s1. The first-order valence-corrected chi connectivity index (χ1v) is 14.4. The number of aromatic hydroxyl groups is 1. The van der Waals surface area contributed by atoms with Crippen LogP contribution < -0.4 is 14.5 Å². The van der Waals surface area contributed by atoms with E-state index in [0.29, 0.717) is 18.0 Å². The van der Waals surface area contributed by atoms with Crippen LogP contribution in [-0.2, 0) is 9.59 Å². The average molecular weight is 535 g/mol. The van der Waals surface area contributed by atoms with E-state index in [1.807, 2.05) is 50.2 Å². The zero-order valence-corrected chi connectivity index (χ0v) is 22.0. The Hall–Kier alpha value is -3.04. The quantitative estimate of drug-likeness (QED) is 0.478. The van der Waals surface area contributed by atoms with Crippen molar-refractivity contribution in [3.8, 4) is 11.5 Å². The summed E-state index contributed by atoms with van der Waals surface area (Å²) in [7, 11) is 0. The molecular weight excluding hydrogens is 508 g/mol. The minimum atomic E-state index is -0.344. The number of benzene rings is 2. The Balaban J connectivity index is 1.32. The largest absolute Gasteiger partial charge is 0.504 e. The Kier molecular flexibility index (Phi) is 5.14. The molecule has 2 amide bonds. The molecule has 3 aromatic rings. The lowest BCUT2D eigenvalue weighted by Crippen LogP contribution is -2.42. The maximum Gasteiger partial charge on any atom is 0.305 e. The molecule has 1 aromatic heterocycles. The molecule has 7 atom stereocenters. The summed E-state index contributed by atoms with van der Waals surface area (Å²) < 4.78 is 5.68. The lowest BCUT2D eigenvalue weighted by molar-refractivity contribution is -0.123. The van der Waals surface area contributed by atoms with Crippen molar-refractivity contribution >= 4 is 40.6 Å². The normalized spacial score (nSPS) is 31.4. The third kappa shape index (κ3) is 3.23. The number of thioether (sulfide) groups is 1. The number of carbonyl (C=O) groups is 2. The number of phenols is 1. The van der Waals surface area contributed by atoms with Crippen molar-refractivity contribution in [1.82, 2.24) is 4.98 Å². The van der Waals surface area contributed by atoms with E-state index in [1.54, 1.807) is 17.8 Å². The molecule has 2 N–H and O–H groups in total. The topological polar surface area (TPSA) is 99.7 Å². The summed E-state index contributed by atoms with van der Waals surface area (Å²) in [5.74, 6) is -0.259. The van der Waals surface area contributed by atoms with E-state index in [1.165, 1.54) is 16.2 Å². The SMILES string of the molecule is CCOc1cc([C@@H]2c3sc(=O)[nH]c3S[C@@H]3[C@H]4C[C@@H]([C@@H]5C(=O)N(c6ccc(C)cc6)C(=O)[C@@H]45)[C@@H]23)ccc1O. The molecule has 0 unspecified atom stereocenters. The van der Waals surface area contributed by atoms with Gasteiger partial charge in [0, 0.05) is 16.0 Å². The minimum Gasteiger partial charge on any atom is -0.504 e. The predicted molar refractivity (Wildman–Crippen MR) is 141 cm³/mol. The van der Waals surface area contributed by atoms with Gasteiger partial charge in [-0.3, -0.25) is 19.3 Å². The summed E-state index contributed by atoms with van der Waals surface area (Å²) in [6.45, 7) is 4.28. The molecule has 1 saturated heterocycles. The summed E-state index contributed by atoms with van der Waals surface area (Å²) in [5, 5.41) is 11.3. The number of amides is 2. The van der Waals surface area contributed by atoms with Gasteiger partial charge in [-0.2, -0.15) is 0 Å². The highest BCUT2D eigenvalue weighted by Gasteiger charge is 2.69. The van der Waals surface area contributed by atoms with E-state index in [9.17, 15) is 19.5 Å². The van der Waals surface area contributed by atoms with Crippen LogP contribution >= 0.6 is 23.1 Å². The summed E-state index contributed by atoms with van der Waals surface area (Å²) in [6.07, 6.45) is 0.836. The number of imide groups is 1. The van der Waals surface area contributed by atoms with Crippen molar-refractivity contribution in [3.05, 3.63) is 68.1 Å². The van der Waals surface area contributed by atoms with Gasteiger partial charge in [-0.1, -0.05) is 35.1 Å². The summed E-state index contributed by atoms with van der Waals surface area (Å²) in [4.78, 5) is 45.3. The Bertz CT molecular complexity index is 1490. The van der Waals surface area contributed by atoms with Gasteiger partial charge in [0.05, 0.1) is 29.2 Å². The first kappa shape index (κ1) is 23.1. The van der Waals surface area contributed by atoms with Crippen LogP contribution in [-0.4, -0.2) is 33.8 Å². The molecule has 2 saturated carbocycles. The number of hydrogen-bond donors (Lipinski definition) is 2. The average Bonchev–Trinajstić information content (AvgIpc) is 3.60. The molecule has 7 nitrogen and oxygen atoms in total. The van der Waals surface area contributed by atoms with E-state index in [0.717, 1.165) is 27.5 Å². The van der Waals surface area contributed by atoms with Gasteiger partial charge < -0.3 is 14.8 Å². The molecule has 2 bridgehead atoms. The number of rotatable bonds is 4. The number of fused-ring (bicyclic) bond motifs is 9. The number of nitrogens with one attached hydrogen (secondary N) is 1. The van der Waals surface area contributed by atoms with Gasteiger partial charge in [-0.25, -0.2) is 0 Å². The Morgan fingerprint density at radius 3 is 2.51 bits per heavy atom. The van der Waals surface area contributed by atoms with E-state index < -0.39 is 0 Å². The van der Waals surface area contributed by atoms with Gasteiger partial charge in [-0.15, -0.1) is 11.8 Å². The monoisotopic (exact) mass is 534 g/mol. The number of ether oxygens (including phenoxy) is 1. The maximum absolute atomic E-state index is 13.8. The second kappa shape index (κ2) is 8.23. The fourth-order valence-electron chi connectivity index (χ4n) is 7.33. The first-order chi connectivity index (χ1) is 17.9. The van der Waals surface area contributed by atoms with Crippen LogP contribution in [0.2, 0.25) is 0 Å². The second-order valence-electron chi connectivity index (χ2n) is 10.5. The first-order valence-electron chi connectivity index (χ1n) is 12.7. The molecule has 37 heavy (non-hydrogen) atoms.